The molecule has 1 saturated heterocycles. The molecule has 4 rings (SSSR count). The van der Waals surface area contributed by atoms with Crippen molar-refractivity contribution in [2.75, 3.05) is 24.1 Å². The lowest BCUT2D eigenvalue weighted by Gasteiger charge is -2.42. The van der Waals surface area contributed by atoms with Gasteiger partial charge in [-0.15, -0.1) is 0 Å². The molecule has 0 aromatic heterocycles. The summed E-state index contributed by atoms with van der Waals surface area (Å²) in [6.07, 6.45) is 1.31. The Kier molecular flexibility index (Phi) is 6.01. The summed E-state index contributed by atoms with van der Waals surface area (Å²) >= 11 is 1.57. The Labute approximate surface area is 181 Å². The van der Waals surface area contributed by atoms with E-state index in [1.54, 1.807) is 16.7 Å². The number of fused-ring (bicyclic) bond motifs is 1. The molecule has 6 heteroatoms. The van der Waals surface area contributed by atoms with E-state index >= 15 is 0 Å². The molecule has 0 spiro atoms. The molecule has 30 heavy (non-hydrogen) atoms. The summed E-state index contributed by atoms with van der Waals surface area (Å²) in [6, 6.07) is 18.6. The van der Waals surface area contributed by atoms with E-state index in [9.17, 15) is 10.1 Å². The Morgan fingerprint density at radius 1 is 1.13 bits per heavy atom. The zero-order chi connectivity index (χ0) is 21.1. The zero-order valence-corrected chi connectivity index (χ0v) is 18.1. The average Bonchev–Trinajstić information content (AvgIpc) is 2.79. The molecule has 0 bridgehead atoms. The van der Waals surface area contributed by atoms with E-state index in [0.717, 1.165) is 28.5 Å². The molecule has 1 unspecified atom stereocenters. The van der Waals surface area contributed by atoms with Gasteiger partial charge in [0.05, 0.1) is 35.8 Å². The van der Waals surface area contributed by atoms with Gasteiger partial charge in [-0.3, -0.25) is 9.69 Å². The molecular formula is C24H25N3O2S. The fourth-order valence-electron chi connectivity index (χ4n) is 3.92. The number of benzene rings is 2. The Bertz CT molecular complexity index is 993. The first kappa shape index (κ1) is 20.4. The second-order valence-electron chi connectivity index (χ2n) is 7.39. The zero-order valence-electron chi connectivity index (χ0n) is 17.3. The molecule has 1 amide bonds. The Morgan fingerprint density at radius 2 is 1.87 bits per heavy atom. The van der Waals surface area contributed by atoms with Crippen molar-refractivity contribution in [3.05, 3.63) is 70.3 Å². The smallest absolute Gasteiger partial charge is 0.229 e. The van der Waals surface area contributed by atoms with E-state index in [1.165, 1.54) is 5.56 Å². The number of nitriles is 1. The third-order valence-electron chi connectivity index (χ3n) is 5.60. The molecule has 2 aromatic carbocycles. The molecular weight excluding hydrogens is 394 g/mol. The summed E-state index contributed by atoms with van der Waals surface area (Å²) in [5, 5.41) is 10.7. The monoisotopic (exact) mass is 419 g/mol. The Balaban J connectivity index is 1.59. The molecule has 2 aromatic rings. The van der Waals surface area contributed by atoms with Crippen LogP contribution in [0.15, 0.2) is 59.1 Å². The minimum atomic E-state index is -0.202. The van der Waals surface area contributed by atoms with Gasteiger partial charge in [-0.1, -0.05) is 43.0 Å². The van der Waals surface area contributed by atoms with Crippen molar-refractivity contribution in [1.29, 1.82) is 5.26 Å². The van der Waals surface area contributed by atoms with Crippen LogP contribution in [0.25, 0.3) is 0 Å². The van der Waals surface area contributed by atoms with E-state index < -0.39 is 0 Å². The van der Waals surface area contributed by atoms with E-state index in [1.807, 2.05) is 31.2 Å². The van der Waals surface area contributed by atoms with Crippen molar-refractivity contribution in [2.45, 2.75) is 32.6 Å². The number of carbonyl (C=O) groups excluding carboxylic acids is 1. The fraction of sp³-hybridized carbons (Fsp3) is 0.333. The maximum atomic E-state index is 13.0. The molecule has 2 aliphatic rings. The van der Waals surface area contributed by atoms with Crippen LogP contribution in [0, 0.1) is 11.3 Å². The number of amides is 1. The van der Waals surface area contributed by atoms with Gasteiger partial charge in [-0.2, -0.15) is 5.26 Å². The van der Waals surface area contributed by atoms with Crippen LogP contribution in [-0.4, -0.2) is 30.0 Å². The third kappa shape index (κ3) is 3.90. The van der Waals surface area contributed by atoms with Crippen molar-refractivity contribution in [3.8, 4) is 11.8 Å². The molecule has 0 radical (unpaired) electrons. The summed E-state index contributed by atoms with van der Waals surface area (Å²) in [5.74, 6) is 1.37. The second kappa shape index (κ2) is 8.85. The first-order chi connectivity index (χ1) is 14.6. The van der Waals surface area contributed by atoms with Crippen molar-refractivity contribution in [3.63, 3.8) is 0 Å². The van der Waals surface area contributed by atoms with E-state index in [-0.39, 0.29) is 11.8 Å². The molecule has 2 heterocycles. The lowest BCUT2D eigenvalue weighted by molar-refractivity contribution is -0.129. The molecule has 1 fully saturated rings. The van der Waals surface area contributed by atoms with Crippen LogP contribution in [0.1, 0.15) is 37.3 Å². The number of ether oxygens (including phenoxy) is 1. The van der Waals surface area contributed by atoms with Crippen LogP contribution in [0.2, 0.25) is 0 Å². The summed E-state index contributed by atoms with van der Waals surface area (Å²) in [6.45, 7) is 5.17. The van der Waals surface area contributed by atoms with Gasteiger partial charge >= 0.3 is 0 Å². The van der Waals surface area contributed by atoms with Gasteiger partial charge in [0.2, 0.25) is 5.91 Å². The topological polar surface area (TPSA) is 56.6 Å². The van der Waals surface area contributed by atoms with Gasteiger partial charge in [0.1, 0.15) is 5.75 Å². The van der Waals surface area contributed by atoms with E-state index in [4.69, 9.17) is 4.74 Å². The first-order valence-corrected chi connectivity index (χ1v) is 11.3. The van der Waals surface area contributed by atoms with Crippen LogP contribution in [0.3, 0.4) is 0 Å². The first-order valence-electron chi connectivity index (χ1n) is 10.3. The predicted octanol–water partition coefficient (Wildman–Crippen LogP) is 4.87. The quantitative estimate of drug-likeness (QED) is 0.692. The number of thioether (sulfide) groups is 1. The molecule has 0 aliphatic carbocycles. The van der Waals surface area contributed by atoms with Crippen LogP contribution < -0.4 is 9.64 Å². The van der Waals surface area contributed by atoms with Crippen LogP contribution in [0.4, 0.5) is 5.69 Å². The second-order valence-corrected chi connectivity index (χ2v) is 8.32. The minimum absolute atomic E-state index is 0.0604. The van der Waals surface area contributed by atoms with E-state index in [2.05, 4.69) is 42.2 Å². The van der Waals surface area contributed by atoms with Crippen molar-refractivity contribution < 1.29 is 9.53 Å². The van der Waals surface area contributed by atoms with Gasteiger partial charge < -0.3 is 9.64 Å². The summed E-state index contributed by atoms with van der Waals surface area (Å²) in [7, 11) is 0. The summed E-state index contributed by atoms with van der Waals surface area (Å²) in [5.41, 5.74) is 4.06. The number of aryl methyl sites for hydroxylation is 1. The van der Waals surface area contributed by atoms with Crippen LogP contribution >= 0.6 is 11.8 Å². The minimum Gasteiger partial charge on any atom is -0.494 e. The van der Waals surface area contributed by atoms with Gasteiger partial charge in [-0.05, 0) is 48.7 Å². The number of hydrogen-bond donors (Lipinski definition) is 0. The van der Waals surface area contributed by atoms with Crippen molar-refractivity contribution >= 4 is 23.4 Å². The highest BCUT2D eigenvalue weighted by Crippen LogP contribution is 2.43. The highest BCUT2D eigenvalue weighted by molar-refractivity contribution is 8.03. The molecule has 1 atom stereocenters. The Hall–Kier alpha value is -2.91. The largest absolute Gasteiger partial charge is 0.494 e. The van der Waals surface area contributed by atoms with Crippen LogP contribution in [0.5, 0.6) is 5.75 Å². The fourth-order valence-corrected chi connectivity index (χ4v) is 5.08. The molecule has 2 aliphatic heterocycles. The van der Waals surface area contributed by atoms with Gasteiger partial charge in [0.25, 0.3) is 0 Å². The lowest BCUT2D eigenvalue weighted by Crippen LogP contribution is -2.47. The standard InChI is InChI=1S/C24H25N3O2S/c1-3-17-5-9-19(10-6-17)26-15-27-23(28)13-21(22(14-25)24(27)30-16-26)18-7-11-20(12-8-18)29-4-2/h5-12,21H,3-4,13,15-16H2,1-2H3. The van der Waals surface area contributed by atoms with Gasteiger partial charge in [-0.25, -0.2) is 0 Å². The summed E-state index contributed by atoms with van der Waals surface area (Å²) < 4.78 is 5.51. The maximum absolute atomic E-state index is 13.0. The molecule has 0 N–H and O–H groups in total. The van der Waals surface area contributed by atoms with Gasteiger partial charge in [0.15, 0.2) is 0 Å². The van der Waals surface area contributed by atoms with Crippen LogP contribution in [-0.2, 0) is 11.2 Å². The highest BCUT2D eigenvalue weighted by Gasteiger charge is 2.38. The number of allylic oxidation sites excluding steroid dienone is 1. The third-order valence-corrected chi connectivity index (χ3v) is 6.75. The number of anilines is 1. The van der Waals surface area contributed by atoms with Crippen molar-refractivity contribution in [1.82, 2.24) is 4.90 Å². The molecule has 154 valence electrons. The van der Waals surface area contributed by atoms with Crippen molar-refractivity contribution in [2.24, 2.45) is 0 Å². The van der Waals surface area contributed by atoms with E-state index in [0.29, 0.717) is 31.1 Å². The normalized spacial score (nSPS) is 18.8. The van der Waals surface area contributed by atoms with Gasteiger partial charge in [0, 0.05) is 18.0 Å². The highest BCUT2D eigenvalue weighted by atomic mass is 32.2. The molecule has 0 saturated carbocycles. The number of hydrogen-bond acceptors (Lipinski definition) is 5. The number of carbonyl (C=O) groups is 1. The lowest BCUT2D eigenvalue weighted by atomic mass is 9.86. The summed E-state index contributed by atoms with van der Waals surface area (Å²) in [4.78, 5) is 17.0. The number of nitrogens with zero attached hydrogens (tertiary/aromatic N) is 3. The predicted molar refractivity (Wildman–Crippen MR) is 120 cm³/mol. The number of rotatable bonds is 5. The Morgan fingerprint density at radius 3 is 2.50 bits per heavy atom. The molecule has 5 nitrogen and oxygen atoms in total. The average molecular weight is 420 g/mol. The SMILES string of the molecule is CCOc1ccc(C2CC(=O)N3CN(c4ccc(CC)cc4)CSC3=C2C#N)cc1. The maximum Gasteiger partial charge on any atom is 0.229 e.